The number of aryl methyl sites for hydroxylation is 1. The number of aromatic hydroxyl groups is 2. The molecule has 0 spiro atoms. The van der Waals surface area contributed by atoms with Gasteiger partial charge in [-0.05, 0) is 72.6 Å². The summed E-state index contributed by atoms with van der Waals surface area (Å²) in [6.07, 6.45) is 0. The van der Waals surface area contributed by atoms with Gasteiger partial charge in [0.25, 0.3) is 0 Å². The van der Waals surface area contributed by atoms with E-state index in [1.807, 2.05) is 30.3 Å². The van der Waals surface area contributed by atoms with Crippen molar-refractivity contribution < 1.29 is 28.6 Å². The lowest BCUT2D eigenvalue weighted by atomic mass is 10.0. The molecule has 6 rings (SSSR count). The van der Waals surface area contributed by atoms with Crippen LogP contribution in [0.4, 0.5) is 4.39 Å². The molecule has 0 amide bonds. The van der Waals surface area contributed by atoms with Crippen LogP contribution in [0.2, 0.25) is 0 Å². The predicted octanol–water partition coefficient (Wildman–Crippen LogP) is 7.02. The number of benzene rings is 3. The van der Waals surface area contributed by atoms with Gasteiger partial charge >= 0.3 is 0 Å². The van der Waals surface area contributed by atoms with E-state index in [0.29, 0.717) is 33.9 Å². The molecule has 0 aliphatic carbocycles. The van der Waals surface area contributed by atoms with Crippen LogP contribution in [0.5, 0.6) is 17.4 Å². The Labute approximate surface area is 226 Å². The highest BCUT2D eigenvalue weighted by Gasteiger charge is 2.32. The number of hydrogen-bond donors (Lipinski definition) is 2. The summed E-state index contributed by atoms with van der Waals surface area (Å²) in [6.45, 7) is 2.08. The molecule has 0 aliphatic heterocycles. The first-order chi connectivity index (χ1) is 18.9. The number of hydrogen-bond acceptors (Lipinski definition) is 7. The number of thiazole rings is 1. The van der Waals surface area contributed by atoms with E-state index in [1.165, 1.54) is 28.8 Å². The van der Waals surface area contributed by atoms with Crippen LogP contribution >= 0.6 is 11.3 Å². The molecule has 3 aromatic carbocycles. The summed E-state index contributed by atoms with van der Waals surface area (Å²) in [5.74, 6) is -1.08. The topological polar surface area (TPSA) is 97.7 Å². The van der Waals surface area contributed by atoms with Gasteiger partial charge in [0.05, 0.1) is 21.5 Å². The van der Waals surface area contributed by atoms with Crippen molar-refractivity contribution in [3.63, 3.8) is 0 Å². The predicted molar refractivity (Wildman–Crippen MR) is 145 cm³/mol. The fourth-order valence-electron chi connectivity index (χ4n) is 4.33. The zero-order valence-corrected chi connectivity index (χ0v) is 21.4. The first-order valence-corrected chi connectivity index (χ1v) is 12.8. The van der Waals surface area contributed by atoms with Crippen molar-refractivity contribution in [1.29, 1.82) is 0 Å². The molecule has 0 bridgehead atoms. The molecule has 0 atom stereocenters. The summed E-state index contributed by atoms with van der Waals surface area (Å²) in [5, 5.41) is 22.3. The SMILES string of the molecule is Cc1ccc(C(=O)c2c(O)c(O)n(-c3nc4ccc(F)cc4s3)c2-c2ccc(OCc3ccccc3)cc2)o1. The van der Waals surface area contributed by atoms with Gasteiger partial charge in [-0.25, -0.2) is 9.37 Å². The molecule has 0 aliphatic rings. The Morgan fingerprint density at radius 3 is 2.51 bits per heavy atom. The molecule has 0 radical (unpaired) electrons. The van der Waals surface area contributed by atoms with Crippen molar-refractivity contribution in [2.45, 2.75) is 13.5 Å². The summed E-state index contributed by atoms with van der Waals surface area (Å²) in [7, 11) is 0. The Morgan fingerprint density at radius 1 is 1.03 bits per heavy atom. The van der Waals surface area contributed by atoms with Gasteiger partial charge in [-0.2, -0.15) is 0 Å². The minimum Gasteiger partial charge on any atom is -0.503 e. The highest BCUT2D eigenvalue weighted by molar-refractivity contribution is 7.20. The molecule has 0 saturated heterocycles. The summed E-state index contributed by atoms with van der Waals surface area (Å²) >= 11 is 1.11. The Kier molecular flexibility index (Phi) is 6.12. The number of aromatic nitrogens is 2. The molecule has 0 saturated carbocycles. The third kappa shape index (κ3) is 4.53. The number of carbonyl (C=O) groups excluding carboxylic acids is 1. The van der Waals surface area contributed by atoms with Crippen LogP contribution < -0.4 is 4.74 Å². The first kappa shape index (κ1) is 24.4. The molecule has 0 unspecified atom stereocenters. The average Bonchev–Trinajstić information content (AvgIpc) is 3.63. The van der Waals surface area contributed by atoms with Crippen LogP contribution in [-0.4, -0.2) is 25.5 Å². The average molecular weight is 541 g/mol. The van der Waals surface area contributed by atoms with Crippen LogP contribution in [0, 0.1) is 12.7 Å². The molecule has 39 heavy (non-hydrogen) atoms. The lowest BCUT2D eigenvalue weighted by Gasteiger charge is -2.11. The fourth-order valence-corrected chi connectivity index (χ4v) is 5.33. The maximum Gasteiger partial charge on any atom is 0.242 e. The fraction of sp³-hybridized carbons (Fsp3) is 0.0667. The molecule has 0 fully saturated rings. The van der Waals surface area contributed by atoms with Crippen molar-refractivity contribution in [1.82, 2.24) is 9.55 Å². The monoisotopic (exact) mass is 540 g/mol. The molecule has 3 aromatic heterocycles. The lowest BCUT2D eigenvalue weighted by molar-refractivity contribution is 0.101. The van der Waals surface area contributed by atoms with Crippen molar-refractivity contribution in [2.75, 3.05) is 0 Å². The smallest absolute Gasteiger partial charge is 0.242 e. The number of ketones is 1. The van der Waals surface area contributed by atoms with Crippen LogP contribution in [0.3, 0.4) is 0 Å². The minimum atomic E-state index is -0.612. The molecular weight excluding hydrogens is 519 g/mol. The quantitative estimate of drug-likeness (QED) is 0.211. The third-order valence-electron chi connectivity index (χ3n) is 6.22. The van der Waals surface area contributed by atoms with Crippen molar-refractivity contribution in [3.05, 3.63) is 113 Å². The Balaban J connectivity index is 1.47. The molecule has 3 heterocycles. The van der Waals surface area contributed by atoms with Gasteiger partial charge in [-0.1, -0.05) is 41.7 Å². The number of nitrogens with zero attached hydrogens (tertiary/aromatic N) is 2. The van der Waals surface area contributed by atoms with Crippen molar-refractivity contribution >= 4 is 27.3 Å². The van der Waals surface area contributed by atoms with Crippen LogP contribution in [0.25, 0.3) is 26.6 Å². The maximum atomic E-state index is 13.9. The highest BCUT2D eigenvalue weighted by Crippen LogP contribution is 2.45. The van der Waals surface area contributed by atoms with Gasteiger partial charge in [0.2, 0.25) is 11.7 Å². The van der Waals surface area contributed by atoms with E-state index in [-0.39, 0.29) is 22.1 Å². The number of rotatable bonds is 7. The van der Waals surface area contributed by atoms with Crippen molar-refractivity contribution in [2.24, 2.45) is 0 Å². The second-order valence-corrected chi connectivity index (χ2v) is 9.89. The molecular formula is C30H21FN2O5S. The van der Waals surface area contributed by atoms with E-state index in [2.05, 4.69) is 4.98 Å². The second-order valence-electron chi connectivity index (χ2n) is 8.88. The summed E-state index contributed by atoms with van der Waals surface area (Å²) < 4.78 is 27.1. The van der Waals surface area contributed by atoms with E-state index in [1.54, 1.807) is 37.3 Å². The zero-order chi connectivity index (χ0) is 27.1. The van der Waals surface area contributed by atoms with Crippen LogP contribution in [0.15, 0.2) is 89.3 Å². The number of furan rings is 1. The Hall–Kier alpha value is -4.89. The van der Waals surface area contributed by atoms with E-state index in [4.69, 9.17) is 9.15 Å². The highest BCUT2D eigenvalue weighted by atomic mass is 32.1. The molecule has 9 heteroatoms. The number of carbonyl (C=O) groups is 1. The number of ether oxygens (including phenoxy) is 1. The van der Waals surface area contributed by atoms with Gasteiger partial charge in [-0.15, -0.1) is 0 Å². The summed E-state index contributed by atoms with van der Waals surface area (Å²) in [5.41, 5.74) is 2.09. The largest absolute Gasteiger partial charge is 0.503 e. The first-order valence-electron chi connectivity index (χ1n) is 12.0. The van der Waals surface area contributed by atoms with Gasteiger partial charge in [0.1, 0.15) is 23.9 Å². The molecule has 7 nitrogen and oxygen atoms in total. The number of fused-ring (bicyclic) bond motifs is 1. The van der Waals surface area contributed by atoms with Gasteiger partial charge in [0, 0.05) is 0 Å². The molecule has 2 N–H and O–H groups in total. The van der Waals surface area contributed by atoms with Gasteiger partial charge in [-0.3, -0.25) is 9.36 Å². The molecule has 6 aromatic rings. The van der Waals surface area contributed by atoms with Gasteiger partial charge < -0.3 is 19.4 Å². The Bertz CT molecular complexity index is 1820. The van der Waals surface area contributed by atoms with E-state index in [9.17, 15) is 19.4 Å². The van der Waals surface area contributed by atoms with E-state index >= 15 is 0 Å². The van der Waals surface area contributed by atoms with Crippen LogP contribution in [0.1, 0.15) is 27.4 Å². The van der Waals surface area contributed by atoms with E-state index in [0.717, 1.165) is 16.9 Å². The minimum absolute atomic E-state index is 0.00962. The van der Waals surface area contributed by atoms with Gasteiger partial charge in [0.15, 0.2) is 16.6 Å². The number of halogens is 1. The second kappa shape index (κ2) is 9.77. The standard InChI is InChI=1S/C30H21FN2O5S/c1-17-7-14-23(38-17)27(34)25-26(19-8-11-21(12-9-19)37-16-18-5-3-2-4-6-18)33(29(36)28(25)35)30-32-22-13-10-20(31)15-24(22)39-30/h2-15,35-36H,16H2,1H3. The summed E-state index contributed by atoms with van der Waals surface area (Å²) in [4.78, 5) is 18.1. The third-order valence-corrected chi connectivity index (χ3v) is 7.22. The van der Waals surface area contributed by atoms with Crippen molar-refractivity contribution in [3.8, 4) is 33.8 Å². The summed E-state index contributed by atoms with van der Waals surface area (Å²) in [6, 6.07) is 24.0. The maximum absolute atomic E-state index is 13.9. The molecule has 194 valence electrons. The normalized spacial score (nSPS) is 11.2. The lowest BCUT2D eigenvalue weighted by Crippen LogP contribution is -2.04. The zero-order valence-electron chi connectivity index (χ0n) is 20.6. The van der Waals surface area contributed by atoms with Crippen LogP contribution in [-0.2, 0) is 6.61 Å². The van der Waals surface area contributed by atoms with E-state index < -0.39 is 23.2 Å². The Morgan fingerprint density at radius 2 is 1.79 bits per heavy atom.